The number of rotatable bonds is 3. The summed E-state index contributed by atoms with van der Waals surface area (Å²) in [6.07, 6.45) is 3.51. The van der Waals surface area contributed by atoms with Crippen LogP contribution in [0.15, 0.2) is 24.3 Å². The van der Waals surface area contributed by atoms with Crippen LogP contribution < -0.4 is 4.90 Å². The van der Waals surface area contributed by atoms with Crippen molar-refractivity contribution in [2.45, 2.75) is 24.9 Å². The lowest BCUT2D eigenvalue weighted by Crippen LogP contribution is -2.48. The SMILES string of the molecule is CN(C)CC1COC2(CCCN(c3ccc(C#N)cc3)C2)C1. The van der Waals surface area contributed by atoms with Gasteiger partial charge in [-0.25, -0.2) is 0 Å². The Labute approximate surface area is 133 Å². The number of nitriles is 1. The van der Waals surface area contributed by atoms with Gasteiger partial charge in [-0.1, -0.05) is 0 Å². The van der Waals surface area contributed by atoms with E-state index in [1.807, 2.05) is 12.1 Å². The molecular formula is C18H25N3O. The molecule has 4 heteroatoms. The van der Waals surface area contributed by atoms with E-state index in [4.69, 9.17) is 10.00 Å². The fraction of sp³-hybridized carbons (Fsp3) is 0.611. The first-order chi connectivity index (χ1) is 10.6. The average molecular weight is 299 g/mol. The zero-order chi connectivity index (χ0) is 15.6. The summed E-state index contributed by atoms with van der Waals surface area (Å²) in [4.78, 5) is 4.68. The summed E-state index contributed by atoms with van der Waals surface area (Å²) in [6, 6.07) is 10.1. The monoisotopic (exact) mass is 299 g/mol. The van der Waals surface area contributed by atoms with Crippen LogP contribution >= 0.6 is 0 Å². The maximum Gasteiger partial charge on any atom is 0.0991 e. The fourth-order valence-electron chi connectivity index (χ4n) is 3.92. The summed E-state index contributed by atoms with van der Waals surface area (Å²) in [6.45, 7) is 4.05. The average Bonchev–Trinajstić information content (AvgIpc) is 2.88. The zero-order valence-electron chi connectivity index (χ0n) is 13.6. The molecule has 2 atom stereocenters. The molecule has 2 aliphatic rings. The van der Waals surface area contributed by atoms with E-state index < -0.39 is 0 Å². The van der Waals surface area contributed by atoms with Crippen molar-refractivity contribution in [2.24, 2.45) is 5.92 Å². The molecule has 2 heterocycles. The molecule has 0 radical (unpaired) electrons. The van der Waals surface area contributed by atoms with Gasteiger partial charge in [-0.3, -0.25) is 0 Å². The molecule has 2 fully saturated rings. The number of ether oxygens (including phenoxy) is 1. The third kappa shape index (κ3) is 3.26. The van der Waals surface area contributed by atoms with Gasteiger partial charge in [0.1, 0.15) is 0 Å². The molecule has 0 aromatic heterocycles. The molecule has 22 heavy (non-hydrogen) atoms. The van der Waals surface area contributed by atoms with Crippen LogP contribution in [-0.2, 0) is 4.74 Å². The number of nitrogens with zero attached hydrogens (tertiary/aromatic N) is 3. The third-order valence-corrected chi connectivity index (χ3v) is 4.81. The van der Waals surface area contributed by atoms with E-state index in [0.717, 1.165) is 38.2 Å². The van der Waals surface area contributed by atoms with Gasteiger partial charge < -0.3 is 14.5 Å². The Morgan fingerprint density at radius 1 is 1.36 bits per heavy atom. The molecule has 4 nitrogen and oxygen atoms in total. The number of hydrogen-bond acceptors (Lipinski definition) is 4. The van der Waals surface area contributed by atoms with E-state index in [0.29, 0.717) is 5.92 Å². The van der Waals surface area contributed by atoms with Crippen LogP contribution in [-0.4, -0.2) is 50.8 Å². The maximum absolute atomic E-state index is 8.92. The van der Waals surface area contributed by atoms with Gasteiger partial charge >= 0.3 is 0 Å². The molecule has 1 spiro atoms. The topological polar surface area (TPSA) is 39.5 Å². The number of piperidine rings is 1. The first kappa shape index (κ1) is 15.3. The second kappa shape index (κ2) is 6.28. The predicted octanol–water partition coefficient (Wildman–Crippen LogP) is 2.50. The Morgan fingerprint density at radius 2 is 2.14 bits per heavy atom. The second-order valence-corrected chi connectivity index (χ2v) is 7.01. The van der Waals surface area contributed by atoms with Crippen molar-refractivity contribution in [3.63, 3.8) is 0 Å². The van der Waals surface area contributed by atoms with Gasteiger partial charge in [0.25, 0.3) is 0 Å². The molecule has 0 N–H and O–H groups in total. The minimum absolute atomic E-state index is 0.0346. The van der Waals surface area contributed by atoms with Gasteiger partial charge in [0.2, 0.25) is 0 Å². The highest BCUT2D eigenvalue weighted by molar-refractivity contribution is 5.50. The third-order valence-electron chi connectivity index (χ3n) is 4.81. The van der Waals surface area contributed by atoms with Gasteiger partial charge in [-0.15, -0.1) is 0 Å². The largest absolute Gasteiger partial charge is 0.373 e. The predicted molar refractivity (Wildman–Crippen MR) is 87.9 cm³/mol. The summed E-state index contributed by atoms with van der Waals surface area (Å²) >= 11 is 0. The highest BCUT2D eigenvalue weighted by Crippen LogP contribution is 2.38. The van der Waals surface area contributed by atoms with E-state index in [9.17, 15) is 0 Å². The number of hydrogen-bond donors (Lipinski definition) is 0. The number of benzene rings is 1. The van der Waals surface area contributed by atoms with Gasteiger partial charge in [-0.05, 0) is 63.5 Å². The molecule has 1 aromatic rings. The van der Waals surface area contributed by atoms with Crippen molar-refractivity contribution in [1.29, 1.82) is 5.26 Å². The van der Waals surface area contributed by atoms with Crippen LogP contribution in [0.2, 0.25) is 0 Å². The molecule has 0 aliphatic carbocycles. The summed E-state index contributed by atoms with van der Waals surface area (Å²) in [7, 11) is 4.27. The number of anilines is 1. The second-order valence-electron chi connectivity index (χ2n) is 7.01. The minimum Gasteiger partial charge on any atom is -0.373 e. The van der Waals surface area contributed by atoms with E-state index in [-0.39, 0.29) is 5.60 Å². The summed E-state index contributed by atoms with van der Waals surface area (Å²) < 4.78 is 6.27. The van der Waals surface area contributed by atoms with Crippen LogP contribution in [0.3, 0.4) is 0 Å². The Morgan fingerprint density at radius 3 is 2.82 bits per heavy atom. The Kier molecular flexibility index (Phi) is 4.37. The summed E-state index contributed by atoms with van der Waals surface area (Å²) in [5, 5.41) is 8.92. The van der Waals surface area contributed by atoms with Crippen molar-refractivity contribution in [3.8, 4) is 6.07 Å². The molecule has 2 aliphatic heterocycles. The summed E-state index contributed by atoms with van der Waals surface area (Å²) in [5.74, 6) is 0.649. The highest BCUT2D eigenvalue weighted by Gasteiger charge is 2.43. The molecular weight excluding hydrogens is 274 g/mol. The van der Waals surface area contributed by atoms with Gasteiger partial charge in [-0.2, -0.15) is 5.26 Å². The van der Waals surface area contributed by atoms with Crippen LogP contribution in [0.1, 0.15) is 24.8 Å². The van der Waals surface area contributed by atoms with Crippen LogP contribution in [0.4, 0.5) is 5.69 Å². The Bertz CT molecular complexity index is 548. The molecule has 0 saturated carbocycles. The molecule has 3 rings (SSSR count). The van der Waals surface area contributed by atoms with Gasteiger partial charge in [0, 0.05) is 25.3 Å². The van der Waals surface area contributed by atoms with Crippen LogP contribution in [0, 0.1) is 17.2 Å². The van der Waals surface area contributed by atoms with E-state index in [1.54, 1.807) is 0 Å². The van der Waals surface area contributed by atoms with E-state index in [2.05, 4.69) is 42.1 Å². The lowest BCUT2D eigenvalue weighted by atomic mass is 9.86. The molecule has 118 valence electrons. The first-order valence-corrected chi connectivity index (χ1v) is 8.14. The lowest BCUT2D eigenvalue weighted by Gasteiger charge is -2.41. The van der Waals surface area contributed by atoms with Crippen LogP contribution in [0.25, 0.3) is 0 Å². The van der Waals surface area contributed by atoms with Crippen molar-refractivity contribution in [1.82, 2.24) is 4.90 Å². The fourth-order valence-corrected chi connectivity index (χ4v) is 3.92. The quantitative estimate of drug-likeness (QED) is 0.859. The van der Waals surface area contributed by atoms with Gasteiger partial charge in [0.05, 0.1) is 23.8 Å². The highest BCUT2D eigenvalue weighted by atomic mass is 16.5. The standard InChI is InChI=1S/C18H25N3O/c1-20(2)12-16-10-18(22-13-16)8-3-9-21(14-18)17-6-4-15(11-19)5-7-17/h4-7,16H,3,8-10,12-14H2,1-2H3. The summed E-state index contributed by atoms with van der Waals surface area (Å²) in [5.41, 5.74) is 1.96. The Hall–Kier alpha value is -1.57. The first-order valence-electron chi connectivity index (χ1n) is 8.14. The molecule has 1 aromatic carbocycles. The lowest BCUT2D eigenvalue weighted by molar-refractivity contribution is -0.00715. The van der Waals surface area contributed by atoms with Crippen LogP contribution in [0.5, 0.6) is 0 Å². The molecule has 2 saturated heterocycles. The van der Waals surface area contributed by atoms with Crippen molar-refractivity contribution in [2.75, 3.05) is 45.2 Å². The Balaban J connectivity index is 1.68. The van der Waals surface area contributed by atoms with E-state index in [1.165, 1.54) is 18.5 Å². The van der Waals surface area contributed by atoms with Crippen molar-refractivity contribution in [3.05, 3.63) is 29.8 Å². The van der Waals surface area contributed by atoms with Gasteiger partial charge in [0.15, 0.2) is 0 Å². The maximum atomic E-state index is 8.92. The molecule has 0 amide bonds. The zero-order valence-corrected chi connectivity index (χ0v) is 13.6. The molecule has 2 unspecified atom stereocenters. The molecule has 0 bridgehead atoms. The van der Waals surface area contributed by atoms with E-state index >= 15 is 0 Å². The van der Waals surface area contributed by atoms with Crippen molar-refractivity contribution < 1.29 is 4.74 Å². The normalized spacial score (nSPS) is 28.3. The van der Waals surface area contributed by atoms with Crippen molar-refractivity contribution >= 4 is 5.69 Å². The smallest absolute Gasteiger partial charge is 0.0991 e. The minimum atomic E-state index is 0.0346.